The molecule has 0 aliphatic carbocycles. The number of aliphatic carboxylic acids is 1. The van der Waals surface area contributed by atoms with Crippen LogP contribution in [-0.4, -0.2) is 11.1 Å². The van der Waals surface area contributed by atoms with Gasteiger partial charge in [-0.2, -0.15) is 0 Å². The molecular formula is C14H14O3. The van der Waals surface area contributed by atoms with Gasteiger partial charge in [0.25, 0.3) is 0 Å². The maximum Gasteiger partial charge on any atom is 0.311 e. The fourth-order valence-corrected chi connectivity index (χ4v) is 1.79. The highest BCUT2D eigenvalue weighted by atomic mass is 16.4. The third-order valence-corrected chi connectivity index (χ3v) is 2.80. The average Bonchev–Trinajstić information content (AvgIpc) is 2.80. The van der Waals surface area contributed by atoms with Crippen molar-refractivity contribution in [1.82, 2.24) is 0 Å². The average molecular weight is 230 g/mol. The molecule has 17 heavy (non-hydrogen) atoms. The fraction of sp³-hybridized carbons (Fsp3) is 0.214. The topological polar surface area (TPSA) is 50.4 Å². The van der Waals surface area contributed by atoms with Crippen LogP contribution in [0.25, 0.3) is 0 Å². The Kier molecular flexibility index (Phi) is 3.28. The van der Waals surface area contributed by atoms with Crippen LogP contribution in [0.5, 0.6) is 0 Å². The van der Waals surface area contributed by atoms with Gasteiger partial charge in [0, 0.05) is 0 Å². The Hall–Kier alpha value is -2.03. The first-order chi connectivity index (χ1) is 8.16. The summed E-state index contributed by atoms with van der Waals surface area (Å²) in [6.45, 7) is 1.98. The predicted octanol–water partition coefficient (Wildman–Crippen LogP) is 3.00. The van der Waals surface area contributed by atoms with Gasteiger partial charge in [0.2, 0.25) is 0 Å². The fourth-order valence-electron chi connectivity index (χ4n) is 1.79. The zero-order chi connectivity index (χ0) is 12.3. The van der Waals surface area contributed by atoms with Gasteiger partial charge in [0.05, 0.1) is 18.4 Å². The van der Waals surface area contributed by atoms with Crippen LogP contribution in [0.3, 0.4) is 0 Å². The Bertz CT molecular complexity index is 483. The summed E-state index contributed by atoms with van der Waals surface area (Å²) in [7, 11) is 0. The van der Waals surface area contributed by atoms with E-state index in [-0.39, 0.29) is 0 Å². The summed E-state index contributed by atoms with van der Waals surface area (Å²) in [6, 6.07) is 9.40. The Morgan fingerprint density at radius 3 is 2.53 bits per heavy atom. The van der Waals surface area contributed by atoms with Crippen molar-refractivity contribution in [2.24, 2.45) is 0 Å². The lowest BCUT2D eigenvalue weighted by atomic mass is 9.92. The molecule has 0 spiro atoms. The molecule has 1 aromatic carbocycles. The molecule has 0 saturated heterocycles. The molecule has 0 fully saturated rings. The maximum atomic E-state index is 11.3. The zero-order valence-corrected chi connectivity index (χ0v) is 9.59. The molecule has 1 aromatic heterocycles. The quantitative estimate of drug-likeness (QED) is 0.878. The Balaban J connectivity index is 2.23. The molecule has 1 N–H and O–H groups in total. The van der Waals surface area contributed by atoms with E-state index in [0.29, 0.717) is 6.42 Å². The third-order valence-electron chi connectivity index (χ3n) is 2.80. The highest BCUT2D eigenvalue weighted by Crippen LogP contribution is 2.22. The molecule has 0 radical (unpaired) electrons. The molecule has 0 saturated carbocycles. The van der Waals surface area contributed by atoms with Crippen molar-refractivity contribution in [3.8, 4) is 0 Å². The van der Waals surface area contributed by atoms with E-state index >= 15 is 0 Å². The lowest BCUT2D eigenvalue weighted by molar-refractivity contribution is -0.138. The van der Waals surface area contributed by atoms with Gasteiger partial charge in [-0.15, -0.1) is 0 Å². The molecule has 2 aromatic rings. The molecule has 0 bridgehead atoms. The van der Waals surface area contributed by atoms with Crippen LogP contribution in [0.1, 0.15) is 22.6 Å². The summed E-state index contributed by atoms with van der Waals surface area (Å²) in [4.78, 5) is 11.3. The number of hydrogen-bond donors (Lipinski definition) is 1. The number of benzene rings is 1. The second-order valence-electron chi connectivity index (χ2n) is 4.14. The largest absolute Gasteiger partial charge is 0.481 e. The SMILES string of the molecule is Cc1ccc(C(Cc2ccoc2)C(=O)O)cc1. The maximum absolute atomic E-state index is 11.3. The second-order valence-corrected chi connectivity index (χ2v) is 4.14. The van der Waals surface area contributed by atoms with Crippen LogP contribution in [0.2, 0.25) is 0 Å². The van der Waals surface area contributed by atoms with Gasteiger partial charge >= 0.3 is 5.97 Å². The van der Waals surface area contributed by atoms with Gasteiger partial charge in [0.15, 0.2) is 0 Å². The summed E-state index contributed by atoms with van der Waals surface area (Å²) in [5.41, 5.74) is 2.85. The van der Waals surface area contributed by atoms with Crippen LogP contribution >= 0.6 is 0 Å². The Labute approximate surface area is 99.7 Å². The van der Waals surface area contributed by atoms with Gasteiger partial charge in [0.1, 0.15) is 0 Å². The van der Waals surface area contributed by atoms with Crippen LogP contribution in [-0.2, 0) is 11.2 Å². The molecule has 0 aliphatic rings. The van der Waals surface area contributed by atoms with Crippen molar-refractivity contribution in [2.75, 3.05) is 0 Å². The van der Waals surface area contributed by atoms with E-state index in [1.807, 2.05) is 31.2 Å². The molecular weight excluding hydrogens is 216 g/mol. The molecule has 3 heteroatoms. The van der Waals surface area contributed by atoms with Gasteiger partial charge in [-0.25, -0.2) is 0 Å². The van der Waals surface area contributed by atoms with Gasteiger partial charge < -0.3 is 9.52 Å². The van der Waals surface area contributed by atoms with E-state index in [9.17, 15) is 9.90 Å². The predicted molar refractivity (Wildman–Crippen MR) is 64.0 cm³/mol. The van der Waals surface area contributed by atoms with Gasteiger partial charge in [-0.3, -0.25) is 4.79 Å². The van der Waals surface area contributed by atoms with Crippen LogP contribution in [0.15, 0.2) is 47.3 Å². The molecule has 1 unspecified atom stereocenters. The number of carboxylic acids is 1. The molecule has 1 heterocycles. The molecule has 0 amide bonds. The summed E-state index contributed by atoms with van der Waals surface area (Å²) < 4.78 is 4.96. The summed E-state index contributed by atoms with van der Waals surface area (Å²) in [5.74, 6) is -1.33. The minimum atomic E-state index is -0.810. The summed E-state index contributed by atoms with van der Waals surface area (Å²) in [6.07, 6.45) is 3.60. The number of hydrogen-bond acceptors (Lipinski definition) is 2. The normalized spacial score (nSPS) is 12.3. The van der Waals surface area contributed by atoms with Crippen LogP contribution < -0.4 is 0 Å². The molecule has 3 nitrogen and oxygen atoms in total. The van der Waals surface area contributed by atoms with Crippen LogP contribution in [0.4, 0.5) is 0 Å². The third kappa shape index (κ3) is 2.75. The minimum Gasteiger partial charge on any atom is -0.481 e. The van der Waals surface area contributed by atoms with E-state index < -0.39 is 11.9 Å². The van der Waals surface area contributed by atoms with Gasteiger partial charge in [-0.1, -0.05) is 29.8 Å². The standard InChI is InChI=1S/C14H14O3/c1-10-2-4-12(5-3-10)13(14(15)16)8-11-6-7-17-9-11/h2-7,9,13H,8H2,1H3,(H,15,16). The first-order valence-corrected chi connectivity index (χ1v) is 5.47. The smallest absolute Gasteiger partial charge is 0.311 e. The number of aryl methyl sites for hydroxylation is 1. The van der Waals surface area contributed by atoms with E-state index in [2.05, 4.69) is 0 Å². The van der Waals surface area contributed by atoms with E-state index in [4.69, 9.17) is 4.42 Å². The van der Waals surface area contributed by atoms with Gasteiger partial charge in [-0.05, 0) is 30.5 Å². The monoisotopic (exact) mass is 230 g/mol. The molecule has 2 rings (SSSR count). The lowest BCUT2D eigenvalue weighted by Crippen LogP contribution is -2.14. The molecule has 1 atom stereocenters. The van der Waals surface area contributed by atoms with Crippen LogP contribution in [0, 0.1) is 6.92 Å². The van der Waals surface area contributed by atoms with Crippen molar-refractivity contribution in [2.45, 2.75) is 19.3 Å². The highest BCUT2D eigenvalue weighted by molar-refractivity contribution is 5.76. The lowest BCUT2D eigenvalue weighted by Gasteiger charge is -2.11. The van der Waals surface area contributed by atoms with Crippen molar-refractivity contribution < 1.29 is 14.3 Å². The second kappa shape index (κ2) is 4.87. The van der Waals surface area contributed by atoms with E-state index in [1.165, 1.54) is 0 Å². The Morgan fingerprint density at radius 2 is 2.00 bits per heavy atom. The van der Waals surface area contributed by atoms with E-state index in [1.54, 1.807) is 18.6 Å². The number of furan rings is 1. The first kappa shape index (κ1) is 11.5. The summed E-state index contributed by atoms with van der Waals surface area (Å²) >= 11 is 0. The number of carbonyl (C=O) groups is 1. The van der Waals surface area contributed by atoms with E-state index in [0.717, 1.165) is 16.7 Å². The number of rotatable bonds is 4. The number of carboxylic acid groups (broad SMARTS) is 1. The Morgan fingerprint density at radius 1 is 1.29 bits per heavy atom. The molecule has 88 valence electrons. The van der Waals surface area contributed by atoms with Crippen molar-refractivity contribution in [3.05, 3.63) is 59.5 Å². The first-order valence-electron chi connectivity index (χ1n) is 5.47. The highest BCUT2D eigenvalue weighted by Gasteiger charge is 2.20. The minimum absolute atomic E-state index is 0.453. The zero-order valence-electron chi connectivity index (χ0n) is 9.59. The molecule has 0 aliphatic heterocycles. The van der Waals surface area contributed by atoms with Crippen molar-refractivity contribution in [1.29, 1.82) is 0 Å². The summed E-state index contributed by atoms with van der Waals surface area (Å²) in [5, 5.41) is 9.26. The van der Waals surface area contributed by atoms with Crippen molar-refractivity contribution >= 4 is 5.97 Å². The van der Waals surface area contributed by atoms with Crippen molar-refractivity contribution in [3.63, 3.8) is 0 Å².